The fourth-order valence-corrected chi connectivity index (χ4v) is 3.97. The van der Waals surface area contributed by atoms with E-state index in [0.29, 0.717) is 29.9 Å². The second kappa shape index (κ2) is 8.33. The first kappa shape index (κ1) is 19.1. The summed E-state index contributed by atoms with van der Waals surface area (Å²) in [4.78, 5) is 47.7. The Morgan fingerprint density at radius 2 is 1.70 bits per heavy atom. The minimum Gasteiger partial charge on any atom is -0.468 e. The van der Waals surface area contributed by atoms with Crippen molar-refractivity contribution >= 4 is 29.3 Å². The molecule has 0 spiro atoms. The first-order valence-electron chi connectivity index (χ1n) is 9.27. The SMILES string of the molecule is COC(=O)CNC(=O)c1ccc(NC(=O)C2CC3CCCC(C2)C3=O)cc1. The molecule has 2 unspecified atom stereocenters. The summed E-state index contributed by atoms with van der Waals surface area (Å²) in [5.41, 5.74) is 0.987. The molecule has 0 saturated heterocycles. The van der Waals surface area contributed by atoms with Gasteiger partial charge in [-0.2, -0.15) is 0 Å². The summed E-state index contributed by atoms with van der Waals surface area (Å²) in [5.74, 6) is -0.709. The highest BCUT2D eigenvalue weighted by molar-refractivity contribution is 5.98. The largest absolute Gasteiger partial charge is 0.468 e. The van der Waals surface area contributed by atoms with Crippen molar-refractivity contribution in [2.45, 2.75) is 32.1 Å². The van der Waals surface area contributed by atoms with Gasteiger partial charge in [-0.1, -0.05) is 6.42 Å². The second-order valence-electron chi connectivity index (χ2n) is 7.22. The number of carbonyl (C=O) groups is 4. The van der Waals surface area contributed by atoms with Crippen LogP contribution in [0.25, 0.3) is 0 Å². The minimum atomic E-state index is -0.525. The van der Waals surface area contributed by atoms with E-state index in [-0.39, 0.29) is 30.2 Å². The molecular formula is C20H24N2O5. The van der Waals surface area contributed by atoms with Gasteiger partial charge in [0.2, 0.25) is 5.91 Å². The Morgan fingerprint density at radius 1 is 1.07 bits per heavy atom. The number of ether oxygens (including phenoxy) is 1. The normalized spacial score (nSPS) is 24.0. The Kier molecular flexibility index (Phi) is 5.88. The lowest BCUT2D eigenvalue weighted by molar-refractivity contribution is -0.139. The molecule has 2 saturated carbocycles. The summed E-state index contributed by atoms with van der Waals surface area (Å²) in [6.07, 6.45) is 4.14. The van der Waals surface area contributed by atoms with Gasteiger partial charge in [0.15, 0.2) is 0 Å². The van der Waals surface area contributed by atoms with Crippen LogP contribution in [0, 0.1) is 17.8 Å². The average Bonchev–Trinajstić information content (AvgIpc) is 2.66. The Labute approximate surface area is 157 Å². The van der Waals surface area contributed by atoms with E-state index in [2.05, 4.69) is 15.4 Å². The van der Waals surface area contributed by atoms with Gasteiger partial charge in [0.1, 0.15) is 12.3 Å². The number of anilines is 1. The van der Waals surface area contributed by atoms with Crippen LogP contribution in [-0.4, -0.2) is 37.2 Å². The van der Waals surface area contributed by atoms with Crippen LogP contribution in [0.4, 0.5) is 5.69 Å². The van der Waals surface area contributed by atoms with Crippen molar-refractivity contribution in [1.29, 1.82) is 0 Å². The smallest absolute Gasteiger partial charge is 0.325 e. The van der Waals surface area contributed by atoms with Gasteiger partial charge in [0.25, 0.3) is 5.91 Å². The third-order valence-electron chi connectivity index (χ3n) is 5.45. The lowest BCUT2D eigenvalue weighted by Gasteiger charge is -2.36. The summed E-state index contributed by atoms with van der Waals surface area (Å²) in [5, 5.41) is 5.34. The minimum absolute atomic E-state index is 0.0362. The first-order chi connectivity index (χ1) is 13.0. The molecule has 0 aromatic heterocycles. The molecule has 2 aliphatic rings. The molecule has 0 radical (unpaired) electrons. The first-order valence-corrected chi connectivity index (χ1v) is 9.27. The van der Waals surface area contributed by atoms with Crippen molar-refractivity contribution in [3.8, 4) is 0 Å². The summed E-state index contributed by atoms with van der Waals surface area (Å²) in [6, 6.07) is 6.47. The van der Waals surface area contributed by atoms with Gasteiger partial charge in [-0.3, -0.25) is 19.2 Å². The molecular weight excluding hydrogens is 348 g/mol. The van der Waals surface area contributed by atoms with Gasteiger partial charge in [-0.15, -0.1) is 0 Å². The Morgan fingerprint density at radius 3 is 2.30 bits per heavy atom. The number of fused-ring (bicyclic) bond motifs is 2. The number of nitrogens with one attached hydrogen (secondary N) is 2. The standard InChI is InChI=1S/C20H24N2O5/c1-27-17(23)11-21-19(25)12-5-7-16(8-6-12)22-20(26)15-9-13-3-2-4-14(10-15)18(13)24/h5-8,13-15H,2-4,9-11H2,1H3,(H,21,25)(H,22,26). The Balaban J connectivity index is 1.55. The van der Waals surface area contributed by atoms with Crippen molar-refractivity contribution < 1.29 is 23.9 Å². The zero-order chi connectivity index (χ0) is 19.4. The van der Waals surface area contributed by atoms with E-state index >= 15 is 0 Å². The number of methoxy groups -OCH3 is 1. The zero-order valence-corrected chi connectivity index (χ0v) is 15.3. The van der Waals surface area contributed by atoms with Crippen LogP contribution in [0.1, 0.15) is 42.5 Å². The average molecular weight is 372 g/mol. The van der Waals surface area contributed by atoms with Crippen molar-refractivity contribution in [2.75, 3.05) is 19.0 Å². The van der Waals surface area contributed by atoms with E-state index in [1.54, 1.807) is 24.3 Å². The van der Waals surface area contributed by atoms with E-state index in [1.807, 2.05) is 0 Å². The Bertz CT molecular complexity index is 727. The van der Waals surface area contributed by atoms with Crippen LogP contribution in [-0.2, 0) is 19.1 Å². The molecule has 0 heterocycles. The van der Waals surface area contributed by atoms with Crippen LogP contribution in [0.15, 0.2) is 24.3 Å². The topological polar surface area (TPSA) is 102 Å². The molecule has 2 aliphatic carbocycles. The Hall–Kier alpha value is -2.70. The monoisotopic (exact) mass is 372 g/mol. The fourth-order valence-electron chi connectivity index (χ4n) is 3.97. The van der Waals surface area contributed by atoms with Gasteiger partial charge in [0.05, 0.1) is 7.11 Å². The lowest BCUT2D eigenvalue weighted by atomic mass is 9.67. The number of hydrogen-bond acceptors (Lipinski definition) is 5. The van der Waals surface area contributed by atoms with Crippen molar-refractivity contribution in [2.24, 2.45) is 17.8 Å². The van der Waals surface area contributed by atoms with Crippen molar-refractivity contribution in [3.63, 3.8) is 0 Å². The van der Waals surface area contributed by atoms with Gasteiger partial charge in [-0.05, 0) is 49.9 Å². The highest BCUT2D eigenvalue weighted by Crippen LogP contribution is 2.40. The number of benzene rings is 1. The van der Waals surface area contributed by atoms with Gasteiger partial charge in [0, 0.05) is 29.0 Å². The number of amides is 2. The predicted octanol–water partition coefficient (Wildman–Crippen LogP) is 1.92. The maximum absolute atomic E-state index is 12.6. The maximum atomic E-state index is 12.6. The van der Waals surface area contributed by atoms with Crippen LogP contribution in [0.5, 0.6) is 0 Å². The van der Waals surface area contributed by atoms with E-state index in [1.165, 1.54) is 7.11 Å². The van der Waals surface area contributed by atoms with Gasteiger partial charge >= 0.3 is 5.97 Å². The number of Topliss-reactive ketones (excluding diaryl/α,β-unsaturated/α-hetero) is 1. The van der Waals surface area contributed by atoms with Crippen molar-refractivity contribution in [1.82, 2.24) is 5.32 Å². The molecule has 27 heavy (non-hydrogen) atoms. The number of esters is 1. The molecule has 7 nitrogen and oxygen atoms in total. The second-order valence-corrected chi connectivity index (χ2v) is 7.22. The molecule has 0 aliphatic heterocycles. The quantitative estimate of drug-likeness (QED) is 0.769. The summed E-state index contributed by atoms with van der Waals surface area (Å²) in [6.45, 7) is -0.198. The van der Waals surface area contributed by atoms with Crippen LogP contribution in [0.3, 0.4) is 0 Å². The number of carbonyl (C=O) groups excluding carboxylic acids is 4. The summed E-state index contributed by atoms with van der Waals surface area (Å²) in [7, 11) is 1.25. The van der Waals surface area contributed by atoms with E-state index in [4.69, 9.17) is 0 Å². The molecule has 7 heteroatoms. The maximum Gasteiger partial charge on any atom is 0.325 e. The molecule has 2 N–H and O–H groups in total. The van der Waals surface area contributed by atoms with E-state index < -0.39 is 11.9 Å². The molecule has 2 bridgehead atoms. The molecule has 1 aromatic rings. The van der Waals surface area contributed by atoms with Crippen molar-refractivity contribution in [3.05, 3.63) is 29.8 Å². The molecule has 2 fully saturated rings. The van der Waals surface area contributed by atoms with Crippen LogP contribution >= 0.6 is 0 Å². The summed E-state index contributed by atoms with van der Waals surface area (Å²) < 4.78 is 4.47. The summed E-state index contributed by atoms with van der Waals surface area (Å²) >= 11 is 0. The molecule has 144 valence electrons. The molecule has 3 rings (SSSR count). The van der Waals surface area contributed by atoms with E-state index in [9.17, 15) is 19.2 Å². The molecule has 1 aromatic carbocycles. The molecule has 2 amide bonds. The van der Waals surface area contributed by atoms with Gasteiger partial charge in [-0.25, -0.2) is 0 Å². The number of ketones is 1. The highest BCUT2D eigenvalue weighted by atomic mass is 16.5. The number of hydrogen-bond donors (Lipinski definition) is 2. The number of rotatable bonds is 5. The molecule has 2 atom stereocenters. The van der Waals surface area contributed by atoms with Crippen LogP contribution in [0.2, 0.25) is 0 Å². The lowest BCUT2D eigenvalue weighted by Crippen LogP contribution is -2.40. The van der Waals surface area contributed by atoms with Gasteiger partial charge < -0.3 is 15.4 Å². The highest BCUT2D eigenvalue weighted by Gasteiger charge is 2.41. The fraction of sp³-hybridized carbons (Fsp3) is 0.500. The third kappa shape index (κ3) is 4.53. The van der Waals surface area contributed by atoms with Crippen LogP contribution < -0.4 is 10.6 Å². The van der Waals surface area contributed by atoms with E-state index in [0.717, 1.165) is 19.3 Å². The zero-order valence-electron chi connectivity index (χ0n) is 15.3. The third-order valence-corrected chi connectivity index (χ3v) is 5.45. The predicted molar refractivity (Wildman–Crippen MR) is 98.0 cm³/mol.